The van der Waals surface area contributed by atoms with Gasteiger partial charge in [0.25, 0.3) is 0 Å². The number of halogens is 1. The summed E-state index contributed by atoms with van der Waals surface area (Å²) in [5.41, 5.74) is 2.30. The van der Waals surface area contributed by atoms with E-state index in [4.69, 9.17) is 4.74 Å². The molecule has 1 aromatic carbocycles. The van der Waals surface area contributed by atoms with Crippen molar-refractivity contribution in [1.29, 1.82) is 0 Å². The normalized spacial score (nSPS) is 16.4. The highest BCUT2D eigenvalue weighted by atomic mass is 79.9. The van der Waals surface area contributed by atoms with Crippen molar-refractivity contribution < 1.29 is 9.53 Å². The molecule has 6 heteroatoms. The molecule has 1 aromatic heterocycles. The summed E-state index contributed by atoms with van der Waals surface area (Å²) < 4.78 is 7.86. The molecule has 0 amide bonds. The van der Waals surface area contributed by atoms with Crippen LogP contribution in [0.2, 0.25) is 0 Å². The van der Waals surface area contributed by atoms with E-state index in [-0.39, 0.29) is 5.97 Å². The predicted molar refractivity (Wildman–Crippen MR) is 92.1 cm³/mol. The van der Waals surface area contributed by atoms with Gasteiger partial charge in [-0.05, 0) is 30.5 Å². The molecule has 0 atom stereocenters. The second-order valence-corrected chi connectivity index (χ2v) is 6.72. The minimum atomic E-state index is -0.167. The molecule has 1 aliphatic heterocycles. The van der Waals surface area contributed by atoms with Crippen LogP contribution in [0.5, 0.6) is 0 Å². The Bertz CT molecular complexity index is 661. The van der Waals surface area contributed by atoms with Crippen LogP contribution in [-0.2, 0) is 9.53 Å². The van der Waals surface area contributed by atoms with Gasteiger partial charge in [0.15, 0.2) is 0 Å². The van der Waals surface area contributed by atoms with Crippen LogP contribution in [-0.4, -0.2) is 47.4 Å². The summed E-state index contributed by atoms with van der Waals surface area (Å²) >= 11 is 3.46. The second-order valence-electron chi connectivity index (χ2n) is 5.80. The summed E-state index contributed by atoms with van der Waals surface area (Å²) in [6.45, 7) is 2.17. The van der Waals surface area contributed by atoms with Gasteiger partial charge in [-0.3, -0.25) is 14.4 Å². The van der Waals surface area contributed by atoms with Crippen LogP contribution in [0.1, 0.15) is 18.9 Å². The number of hydrogen-bond acceptors (Lipinski definition) is 4. The lowest BCUT2D eigenvalue weighted by atomic mass is 10.1. The minimum absolute atomic E-state index is 0.167. The van der Waals surface area contributed by atoms with Crippen molar-refractivity contribution in [2.45, 2.75) is 18.9 Å². The van der Waals surface area contributed by atoms with Gasteiger partial charge in [0.05, 0.1) is 25.9 Å². The summed E-state index contributed by atoms with van der Waals surface area (Å²) in [5.74, 6) is -0.167. The van der Waals surface area contributed by atoms with E-state index in [1.807, 2.05) is 18.3 Å². The molecule has 0 aliphatic carbocycles. The number of carbonyl (C=O) groups is 1. The lowest BCUT2D eigenvalue weighted by molar-refractivity contribution is -0.142. The number of ether oxygens (including phenoxy) is 1. The number of carbonyl (C=O) groups excluding carboxylic acids is 1. The highest BCUT2D eigenvalue weighted by Gasteiger charge is 2.22. The minimum Gasteiger partial charge on any atom is -0.468 e. The standard InChI is InChI=1S/C17H20BrN3O2/c1-23-17(22)12-20-8-6-16(7-9-20)21-11-14(10-19-21)13-2-4-15(18)5-3-13/h2-5,10-11,16H,6-9,12H2,1H3. The van der Waals surface area contributed by atoms with Gasteiger partial charge in [0.1, 0.15) is 0 Å². The molecule has 1 saturated heterocycles. The largest absolute Gasteiger partial charge is 0.468 e. The zero-order valence-corrected chi connectivity index (χ0v) is 14.7. The third-order valence-corrected chi connectivity index (χ3v) is 4.82. The van der Waals surface area contributed by atoms with E-state index >= 15 is 0 Å². The molecule has 5 nitrogen and oxygen atoms in total. The summed E-state index contributed by atoms with van der Waals surface area (Å²) in [5, 5.41) is 4.54. The lowest BCUT2D eigenvalue weighted by Gasteiger charge is -2.31. The van der Waals surface area contributed by atoms with Crippen molar-refractivity contribution in [2.24, 2.45) is 0 Å². The molecule has 0 radical (unpaired) electrons. The smallest absolute Gasteiger partial charge is 0.319 e. The summed E-state index contributed by atoms with van der Waals surface area (Å²) in [4.78, 5) is 13.5. The van der Waals surface area contributed by atoms with Gasteiger partial charge in [0.2, 0.25) is 0 Å². The number of methoxy groups -OCH3 is 1. The highest BCUT2D eigenvalue weighted by molar-refractivity contribution is 9.10. The average Bonchev–Trinajstić information content (AvgIpc) is 3.06. The zero-order valence-electron chi connectivity index (χ0n) is 13.1. The maximum atomic E-state index is 11.3. The molecule has 1 aliphatic rings. The number of rotatable bonds is 4. The van der Waals surface area contributed by atoms with Crippen molar-refractivity contribution in [2.75, 3.05) is 26.7 Å². The van der Waals surface area contributed by atoms with E-state index in [1.165, 1.54) is 12.7 Å². The molecule has 2 heterocycles. The van der Waals surface area contributed by atoms with Crippen LogP contribution in [0.15, 0.2) is 41.1 Å². The zero-order chi connectivity index (χ0) is 16.2. The molecule has 2 aromatic rings. The van der Waals surface area contributed by atoms with Crippen LogP contribution in [0.3, 0.4) is 0 Å². The molecule has 0 N–H and O–H groups in total. The molecule has 0 spiro atoms. The van der Waals surface area contributed by atoms with Crippen LogP contribution in [0, 0.1) is 0 Å². The number of aromatic nitrogens is 2. The van der Waals surface area contributed by atoms with Crippen LogP contribution in [0.4, 0.5) is 0 Å². The van der Waals surface area contributed by atoms with E-state index in [1.54, 1.807) is 0 Å². The summed E-state index contributed by atoms with van der Waals surface area (Å²) in [6.07, 6.45) is 6.03. The van der Waals surface area contributed by atoms with Crippen LogP contribution in [0.25, 0.3) is 11.1 Å². The Kier molecular flexibility index (Phi) is 5.13. The molecule has 23 heavy (non-hydrogen) atoms. The number of hydrogen-bond donors (Lipinski definition) is 0. The Balaban J connectivity index is 1.61. The Morgan fingerprint density at radius 1 is 1.26 bits per heavy atom. The third-order valence-electron chi connectivity index (χ3n) is 4.29. The lowest BCUT2D eigenvalue weighted by Crippen LogP contribution is -2.38. The molecule has 122 valence electrons. The summed E-state index contributed by atoms with van der Waals surface area (Å²) in [6, 6.07) is 8.65. The fourth-order valence-corrected chi connectivity index (χ4v) is 3.18. The number of esters is 1. The van der Waals surface area contributed by atoms with Crippen LogP contribution >= 0.6 is 15.9 Å². The van der Waals surface area contributed by atoms with Gasteiger partial charge >= 0.3 is 5.97 Å². The SMILES string of the molecule is COC(=O)CN1CCC(n2cc(-c3ccc(Br)cc3)cn2)CC1. The van der Waals surface area contributed by atoms with E-state index in [9.17, 15) is 4.79 Å². The maximum absolute atomic E-state index is 11.3. The van der Waals surface area contributed by atoms with E-state index in [0.717, 1.165) is 36.0 Å². The summed E-state index contributed by atoms with van der Waals surface area (Å²) in [7, 11) is 1.43. The third kappa shape index (κ3) is 4.00. The number of piperidine rings is 1. The number of benzene rings is 1. The van der Waals surface area contributed by atoms with Gasteiger partial charge in [-0.25, -0.2) is 0 Å². The van der Waals surface area contributed by atoms with Gasteiger partial charge < -0.3 is 4.74 Å². The van der Waals surface area contributed by atoms with Crippen LogP contribution < -0.4 is 0 Å². The first-order valence-electron chi connectivity index (χ1n) is 7.75. The van der Waals surface area contributed by atoms with Gasteiger partial charge in [-0.15, -0.1) is 0 Å². The van der Waals surface area contributed by atoms with Gasteiger partial charge in [0, 0.05) is 29.3 Å². The molecule has 0 unspecified atom stereocenters. The molecule has 0 bridgehead atoms. The molecule has 1 fully saturated rings. The first kappa shape index (κ1) is 16.2. The first-order chi connectivity index (χ1) is 11.2. The topological polar surface area (TPSA) is 47.4 Å². The van der Waals surface area contributed by atoms with Gasteiger partial charge in [-0.1, -0.05) is 28.1 Å². The van der Waals surface area contributed by atoms with Gasteiger partial charge in [-0.2, -0.15) is 5.10 Å². The molecular weight excluding hydrogens is 358 g/mol. The predicted octanol–water partition coefficient (Wildman–Crippen LogP) is 3.12. The fourth-order valence-electron chi connectivity index (χ4n) is 2.92. The molecule has 0 saturated carbocycles. The average molecular weight is 378 g/mol. The molecule has 3 rings (SSSR count). The maximum Gasteiger partial charge on any atom is 0.319 e. The Hall–Kier alpha value is -1.66. The van der Waals surface area contributed by atoms with E-state index in [2.05, 4.69) is 48.9 Å². The second kappa shape index (κ2) is 7.27. The van der Waals surface area contributed by atoms with Crippen molar-refractivity contribution in [3.63, 3.8) is 0 Å². The Morgan fingerprint density at radius 2 is 1.96 bits per heavy atom. The van der Waals surface area contributed by atoms with Crippen molar-refractivity contribution >= 4 is 21.9 Å². The molecular formula is C17H20BrN3O2. The van der Waals surface area contributed by atoms with Crippen molar-refractivity contribution in [1.82, 2.24) is 14.7 Å². The van der Waals surface area contributed by atoms with Crippen molar-refractivity contribution in [3.05, 3.63) is 41.1 Å². The fraction of sp³-hybridized carbons (Fsp3) is 0.412. The van der Waals surface area contributed by atoms with Crippen molar-refractivity contribution in [3.8, 4) is 11.1 Å². The monoisotopic (exact) mass is 377 g/mol. The number of likely N-dealkylation sites (tertiary alicyclic amines) is 1. The first-order valence-corrected chi connectivity index (χ1v) is 8.54. The quantitative estimate of drug-likeness (QED) is 0.767. The van der Waals surface area contributed by atoms with E-state index in [0.29, 0.717) is 12.6 Å². The Morgan fingerprint density at radius 3 is 2.61 bits per heavy atom. The Labute approximate surface area is 144 Å². The number of nitrogens with zero attached hydrogens (tertiary/aromatic N) is 3. The highest BCUT2D eigenvalue weighted by Crippen LogP contribution is 2.26. The van der Waals surface area contributed by atoms with E-state index < -0.39 is 0 Å².